The topological polar surface area (TPSA) is 233 Å². The van der Waals surface area contributed by atoms with Gasteiger partial charge in [-0.25, -0.2) is 0 Å². The van der Waals surface area contributed by atoms with Gasteiger partial charge in [-0.05, 0) is 275 Å². The number of hydrogen-bond acceptors (Lipinski definition) is 9. The SMILES string of the molecule is [2H]C([2H])(CCC(C)C1CCC2C3C(CC[C@]12C)[C@@]1(C)CC[C@H](O)CC1=C[C@@]3([2H])O)C(C)C(=O)O.[2H]C([2H])(CCC(C)C1CCC2C3C(CC[C@]12C)[C@@]1(C)CC[C@]([2H])(O)CC1=C[C@@]3([2H])O)C(C)C(=O)O.[2H]C([2H])(CCC(C)C1CCC2C3C(CC[C@]12C)[C@@]1(C)CC[C@]([2H])(O)CC1=C[C@H]3O)C(C)C(=O)O. The van der Waals surface area contributed by atoms with Crippen molar-refractivity contribution in [3.05, 3.63) is 34.9 Å². The summed E-state index contributed by atoms with van der Waals surface area (Å²) in [6.45, 7) is 24.7. The third-order valence-corrected chi connectivity index (χ3v) is 30.3. The van der Waals surface area contributed by atoms with Crippen molar-refractivity contribution < 1.29 is 74.0 Å². The molecule has 0 bridgehead atoms. The van der Waals surface area contributed by atoms with Gasteiger partial charge in [-0.15, -0.1) is 0 Å². The monoisotopic (exact) mass is 1310 g/mol. The van der Waals surface area contributed by atoms with Gasteiger partial charge in [-0.3, -0.25) is 14.4 Å². The van der Waals surface area contributed by atoms with E-state index in [4.69, 9.17) is 13.7 Å². The standard InChI is InChI=1S/3C27H44O4/c3*1-16(6-5-7-17(2)25(30)31)20-8-9-21-24-22(11-13-27(20,21)4)26(3)12-10-19(28)14-18(26)15-23(24)29/h3*15-17,19-24,28-29H,5-14H2,1-4H3,(H,30,31)/t3*16?,17?,19-,20?,21?,22?,23+,24?,26-,27+/m000/s1/i7D2,19D,23D;7D2,23D;7D2,19D. The Labute approximate surface area is 575 Å². The molecule has 0 heterocycles. The molecule has 0 aromatic rings. The van der Waals surface area contributed by atoms with Gasteiger partial charge in [-0.1, -0.05) is 157 Å². The Morgan fingerprint density at radius 2 is 0.731 bits per heavy atom. The third kappa shape index (κ3) is 13.8. The molecule has 9 saturated carbocycles. The summed E-state index contributed by atoms with van der Waals surface area (Å²) in [6.07, 6.45) is 13.0. The van der Waals surface area contributed by atoms with Crippen LogP contribution in [0.3, 0.4) is 0 Å². The highest BCUT2D eigenvalue weighted by atomic mass is 16.4. The highest BCUT2D eigenvalue weighted by Crippen LogP contribution is 2.71. The first-order valence-corrected chi connectivity index (χ1v) is 37.3. The fourth-order valence-electron chi connectivity index (χ4n) is 24.5. The van der Waals surface area contributed by atoms with Crippen molar-refractivity contribution in [2.45, 2.75) is 312 Å². The van der Waals surface area contributed by atoms with E-state index in [-0.39, 0.29) is 118 Å². The Morgan fingerprint density at radius 3 is 1.09 bits per heavy atom. The molecule has 12 nitrogen and oxygen atoms in total. The van der Waals surface area contributed by atoms with Crippen LogP contribution in [0.5, 0.6) is 0 Å². The number of fused-ring (bicyclic) bond motifs is 15. The largest absolute Gasteiger partial charge is 0.481 e. The highest BCUT2D eigenvalue weighted by Gasteiger charge is 2.65. The van der Waals surface area contributed by atoms with Gasteiger partial charge in [0.05, 0.1) is 59.8 Å². The summed E-state index contributed by atoms with van der Waals surface area (Å²) in [6, 6.07) is 0. The molecule has 0 saturated heterocycles. The second-order valence-electron chi connectivity index (χ2n) is 34.8. The Balaban J connectivity index is 0.000000166. The number of hydrogen-bond donors (Lipinski definition) is 9. The van der Waals surface area contributed by atoms with Crippen LogP contribution in [0.4, 0.5) is 0 Å². The molecule has 0 aromatic carbocycles. The third-order valence-electron chi connectivity index (χ3n) is 30.3. The lowest BCUT2D eigenvalue weighted by Gasteiger charge is -2.59. The summed E-state index contributed by atoms with van der Waals surface area (Å²) in [5.74, 6) is -2.88. The van der Waals surface area contributed by atoms with Gasteiger partial charge in [0.15, 0.2) is 0 Å². The molecule has 18 unspecified atom stereocenters. The zero-order valence-electron chi connectivity index (χ0n) is 69.1. The minimum Gasteiger partial charge on any atom is -0.481 e. The van der Waals surface area contributed by atoms with E-state index in [1.165, 1.54) is 20.8 Å². The second kappa shape index (κ2) is 28.6. The first-order valence-electron chi connectivity index (χ1n) is 42.3. The Morgan fingerprint density at radius 1 is 0.419 bits per heavy atom. The first kappa shape index (κ1) is 60.4. The van der Waals surface area contributed by atoms with Crippen molar-refractivity contribution >= 4 is 17.9 Å². The summed E-state index contributed by atoms with van der Waals surface area (Å²) >= 11 is 0. The van der Waals surface area contributed by atoms with E-state index in [1.807, 2.05) is 6.08 Å². The Kier molecular flexibility index (Phi) is 18.5. The van der Waals surface area contributed by atoms with Gasteiger partial charge >= 0.3 is 17.9 Å². The molecular weight excluding hydrogens is 1160 g/mol. The molecule has 0 aromatic heterocycles. The van der Waals surface area contributed by atoms with Crippen LogP contribution in [0, 0.1) is 139 Å². The zero-order chi connectivity index (χ0) is 76.7. The number of rotatable bonds is 18. The smallest absolute Gasteiger partial charge is 0.306 e. The Hall–Kier alpha value is -2.61. The molecule has 0 amide bonds. The molecule has 12 aliphatic carbocycles. The lowest BCUT2D eigenvalue weighted by molar-refractivity contribution is -0.142. The number of carbonyl (C=O) groups is 3. The van der Waals surface area contributed by atoms with Crippen molar-refractivity contribution in [3.63, 3.8) is 0 Å². The number of aliphatic hydroxyl groups excluding tert-OH is 2. The summed E-state index contributed by atoms with van der Waals surface area (Å²) in [5.41, 5.74) is 2.78. The summed E-state index contributed by atoms with van der Waals surface area (Å²) in [5, 5.41) is 93.0. The van der Waals surface area contributed by atoms with Crippen molar-refractivity contribution in [2.75, 3.05) is 0 Å². The first-order chi connectivity index (χ1) is 47.2. The van der Waals surface area contributed by atoms with Crippen molar-refractivity contribution in [1.82, 2.24) is 0 Å². The lowest BCUT2D eigenvalue weighted by atomic mass is 9.46. The summed E-state index contributed by atoms with van der Waals surface area (Å²) < 4.78 is 83.8. The lowest BCUT2D eigenvalue weighted by Crippen LogP contribution is -2.54. The van der Waals surface area contributed by atoms with E-state index >= 15 is 0 Å². The van der Waals surface area contributed by atoms with Crippen LogP contribution in [0.15, 0.2) is 34.9 Å². The molecule has 0 aliphatic heterocycles. The molecule has 528 valence electrons. The second-order valence-corrected chi connectivity index (χ2v) is 34.8. The fourth-order valence-corrected chi connectivity index (χ4v) is 24.5. The van der Waals surface area contributed by atoms with E-state index in [2.05, 4.69) is 62.3 Å². The zero-order valence-corrected chi connectivity index (χ0v) is 59.1. The molecule has 9 N–H and O–H groups in total. The van der Waals surface area contributed by atoms with Crippen LogP contribution < -0.4 is 0 Å². The maximum atomic E-state index is 11.4. The van der Waals surface area contributed by atoms with Crippen LogP contribution in [0.2, 0.25) is 0 Å². The summed E-state index contributed by atoms with van der Waals surface area (Å²) in [4.78, 5) is 34.0. The maximum absolute atomic E-state index is 11.4. The highest BCUT2D eigenvalue weighted by molar-refractivity contribution is 5.70. The quantitative estimate of drug-likeness (QED) is 0.0583. The predicted octanol–water partition coefficient (Wildman–Crippen LogP) is 16.3. The Bertz CT molecular complexity index is 3230. The number of carboxylic acid groups (broad SMARTS) is 3. The molecular formula is C81H132O12. The van der Waals surface area contributed by atoms with Gasteiger partial charge in [0.25, 0.3) is 0 Å². The van der Waals surface area contributed by atoms with Crippen molar-refractivity contribution in [1.29, 1.82) is 0 Å². The molecule has 30 atom stereocenters. The van der Waals surface area contributed by atoms with E-state index < -0.39 is 85.2 Å². The predicted molar refractivity (Wildman–Crippen MR) is 367 cm³/mol. The number of aliphatic carboxylic acids is 3. The normalized spacial score (nSPS) is 51.5. The molecule has 93 heavy (non-hydrogen) atoms. The molecule has 12 heteroatoms. The van der Waals surface area contributed by atoms with E-state index in [0.29, 0.717) is 86.9 Å². The van der Waals surface area contributed by atoms with E-state index in [0.717, 1.165) is 113 Å². The van der Waals surface area contributed by atoms with Crippen LogP contribution in [-0.4, -0.2) is 100 Å². The van der Waals surface area contributed by atoms with Gasteiger partial charge in [-0.2, -0.15) is 0 Å². The average Bonchev–Trinajstić information content (AvgIpc) is 1.70. The fraction of sp³-hybridized carbons (Fsp3) is 0.889. The summed E-state index contributed by atoms with van der Waals surface area (Å²) in [7, 11) is 0. The molecule has 0 spiro atoms. The van der Waals surface area contributed by atoms with Crippen LogP contribution >= 0.6 is 0 Å². The van der Waals surface area contributed by atoms with E-state index in [9.17, 15) is 60.3 Å². The van der Waals surface area contributed by atoms with Crippen molar-refractivity contribution in [2.24, 2.45) is 139 Å². The van der Waals surface area contributed by atoms with E-state index in [1.54, 1.807) is 12.2 Å². The van der Waals surface area contributed by atoms with Crippen LogP contribution in [0.1, 0.15) is 289 Å². The number of aliphatic hydroxyl groups is 6. The number of carboxylic acids is 3. The van der Waals surface area contributed by atoms with Crippen LogP contribution in [0.25, 0.3) is 0 Å². The molecule has 9 fully saturated rings. The van der Waals surface area contributed by atoms with Gasteiger partial charge in [0.1, 0.15) is 0 Å². The average molecular weight is 1310 g/mol. The minimum absolute atomic E-state index is 0.00335. The van der Waals surface area contributed by atoms with Crippen molar-refractivity contribution in [3.8, 4) is 0 Å². The van der Waals surface area contributed by atoms with Gasteiger partial charge in [0, 0.05) is 8.22 Å². The molecule has 12 rings (SSSR count). The van der Waals surface area contributed by atoms with Gasteiger partial charge < -0.3 is 46.0 Å². The molecule has 0 radical (unpaired) electrons. The van der Waals surface area contributed by atoms with Crippen LogP contribution in [-0.2, 0) is 14.4 Å². The molecule has 12 aliphatic rings. The minimum atomic E-state index is -1.75. The maximum Gasteiger partial charge on any atom is 0.306 e. The van der Waals surface area contributed by atoms with Gasteiger partial charge in [0.2, 0.25) is 0 Å².